The minimum absolute atomic E-state index is 0.151. The van der Waals surface area contributed by atoms with Crippen molar-refractivity contribution in [3.8, 4) is 0 Å². The first-order chi connectivity index (χ1) is 10.4. The number of piperidine rings is 1. The fourth-order valence-electron chi connectivity index (χ4n) is 2.88. The molecular weight excluding hydrogens is 298 g/mol. The lowest BCUT2D eigenvalue weighted by Gasteiger charge is -2.36. The van der Waals surface area contributed by atoms with E-state index in [0.29, 0.717) is 0 Å². The Morgan fingerprint density at radius 3 is 2.27 bits per heavy atom. The number of hydrogen-bond acceptors (Lipinski definition) is 4. The molecule has 22 heavy (non-hydrogen) atoms. The number of benzene rings is 1. The molecule has 0 N–H and O–H groups in total. The van der Waals surface area contributed by atoms with Crippen molar-refractivity contribution in [1.82, 2.24) is 9.21 Å². The second-order valence-electron chi connectivity index (χ2n) is 6.11. The molecule has 1 aliphatic rings. The highest BCUT2D eigenvalue weighted by molar-refractivity contribution is 7.88. The Balaban J connectivity index is 1.76. The zero-order valence-corrected chi connectivity index (χ0v) is 14.6. The van der Waals surface area contributed by atoms with Crippen molar-refractivity contribution in [1.29, 1.82) is 0 Å². The van der Waals surface area contributed by atoms with Gasteiger partial charge in [0.05, 0.1) is 6.26 Å². The Labute approximate surface area is 134 Å². The predicted octanol–water partition coefficient (Wildman–Crippen LogP) is 1.48. The van der Waals surface area contributed by atoms with Gasteiger partial charge < -0.3 is 9.80 Å². The van der Waals surface area contributed by atoms with Gasteiger partial charge in [0, 0.05) is 38.9 Å². The third-order valence-electron chi connectivity index (χ3n) is 4.54. The minimum Gasteiger partial charge on any atom is -0.373 e. The van der Waals surface area contributed by atoms with Gasteiger partial charge in [0.25, 0.3) is 0 Å². The third-order valence-corrected chi connectivity index (χ3v) is 5.89. The highest BCUT2D eigenvalue weighted by Gasteiger charge is 2.26. The van der Waals surface area contributed by atoms with Crippen molar-refractivity contribution < 1.29 is 8.42 Å². The highest BCUT2D eigenvalue weighted by Crippen LogP contribution is 2.18. The van der Waals surface area contributed by atoms with Gasteiger partial charge in [0.1, 0.15) is 0 Å². The van der Waals surface area contributed by atoms with Crippen LogP contribution in [-0.4, -0.2) is 70.2 Å². The van der Waals surface area contributed by atoms with Gasteiger partial charge in [-0.05, 0) is 38.1 Å². The van der Waals surface area contributed by atoms with Crippen molar-refractivity contribution >= 4 is 15.7 Å². The Kier molecular flexibility index (Phi) is 5.83. The molecule has 0 bridgehead atoms. The van der Waals surface area contributed by atoms with Crippen LogP contribution < -0.4 is 4.90 Å². The Hall–Kier alpha value is -1.11. The van der Waals surface area contributed by atoms with Crippen molar-refractivity contribution in [2.45, 2.75) is 18.9 Å². The van der Waals surface area contributed by atoms with Crippen LogP contribution in [0.5, 0.6) is 0 Å². The summed E-state index contributed by atoms with van der Waals surface area (Å²) < 4.78 is 24.7. The third kappa shape index (κ3) is 4.69. The van der Waals surface area contributed by atoms with E-state index in [4.69, 9.17) is 0 Å². The number of anilines is 1. The lowest BCUT2D eigenvalue weighted by Crippen LogP contribution is -2.46. The minimum atomic E-state index is -3.08. The van der Waals surface area contributed by atoms with Gasteiger partial charge in [-0.3, -0.25) is 0 Å². The van der Waals surface area contributed by atoms with Gasteiger partial charge >= 0.3 is 0 Å². The Bertz CT molecular complexity index is 554. The Morgan fingerprint density at radius 2 is 1.73 bits per heavy atom. The average molecular weight is 325 g/mol. The molecule has 0 atom stereocenters. The Morgan fingerprint density at radius 1 is 1.14 bits per heavy atom. The molecule has 1 fully saturated rings. The van der Waals surface area contributed by atoms with Gasteiger partial charge in [-0.25, -0.2) is 12.7 Å². The second kappa shape index (κ2) is 7.44. The number of para-hydroxylation sites is 1. The maximum Gasteiger partial charge on any atom is 0.211 e. The predicted molar refractivity (Wildman–Crippen MR) is 91.8 cm³/mol. The van der Waals surface area contributed by atoms with Crippen molar-refractivity contribution in [2.24, 2.45) is 0 Å². The zero-order chi connectivity index (χ0) is 16.2. The maximum atomic E-state index is 11.6. The fourth-order valence-corrected chi connectivity index (χ4v) is 3.63. The molecule has 0 spiro atoms. The van der Waals surface area contributed by atoms with Gasteiger partial charge in [-0.1, -0.05) is 18.2 Å². The normalized spacial score (nSPS) is 17.8. The molecule has 0 unspecified atom stereocenters. The molecule has 124 valence electrons. The summed E-state index contributed by atoms with van der Waals surface area (Å²) in [6, 6.07) is 10.5. The summed E-state index contributed by atoms with van der Waals surface area (Å²) in [5.41, 5.74) is 1.23. The van der Waals surface area contributed by atoms with E-state index in [1.165, 1.54) is 16.2 Å². The number of likely N-dealkylation sites (tertiary alicyclic amines) is 1. The maximum absolute atomic E-state index is 11.6. The van der Waals surface area contributed by atoms with Crippen LogP contribution in [0.4, 0.5) is 5.69 Å². The highest BCUT2D eigenvalue weighted by atomic mass is 32.2. The largest absolute Gasteiger partial charge is 0.373 e. The molecule has 1 heterocycles. The summed E-state index contributed by atoms with van der Waals surface area (Å²) >= 11 is 0. The van der Waals surface area contributed by atoms with Crippen LogP contribution in [0.3, 0.4) is 0 Å². The van der Waals surface area contributed by atoms with Gasteiger partial charge in [-0.2, -0.15) is 0 Å². The molecule has 0 aliphatic carbocycles. The summed E-state index contributed by atoms with van der Waals surface area (Å²) in [7, 11) is 0.729. The number of hydrogen-bond donors (Lipinski definition) is 0. The molecule has 0 saturated carbocycles. The summed E-state index contributed by atoms with van der Waals surface area (Å²) in [6.45, 7) is 3.93. The quantitative estimate of drug-likeness (QED) is 0.795. The van der Waals surface area contributed by atoms with E-state index in [1.54, 1.807) is 7.05 Å². The molecule has 6 heteroatoms. The first kappa shape index (κ1) is 17.2. The lowest BCUT2D eigenvalue weighted by atomic mass is 10.1. The average Bonchev–Trinajstić information content (AvgIpc) is 2.52. The van der Waals surface area contributed by atoms with Crippen molar-refractivity contribution in [2.75, 3.05) is 51.4 Å². The van der Waals surface area contributed by atoms with E-state index >= 15 is 0 Å². The second-order valence-corrected chi connectivity index (χ2v) is 8.15. The first-order valence-corrected chi connectivity index (χ1v) is 9.64. The topological polar surface area (TPSA) is 43.9 Å². The summed E-state index contributed by atoms with van der Waals surface area (Å²) in [5.74, 6) is 0. The number of nitrogens with zero attached hydrogens (tertiary/aromatic N) is 3. The van der Waals surface area contributed by atoms with E-state index < -0.39 is 10.0 Å². The van der Waals surface area contributed by atoms with E-state index in [2.05, 4.69) is 41.1 Å². The molecule has 1 aliphatic heterocycles. The fraction of sp³-hybridized carbons (Fsp3) is 0.625. The molecule has 1 aromatic rings. The smallest absolute Gasteiger partial charge is 0.211 e. The molecule has 1 aromatic carbocycles. The SMILES string of the molecule is CN(CCN1CCC(N(C)S(C)(=O)=O)CC1)c1ccccc1. The van der Waals surface area contributed by atoms with Crippen LogP contribution in [0, 0.1) is 0 Å². The molecule has 2 rings (SSSR count). The number of rotatable bonds is 6. The van der Waals surface area contributed by atoms with Crippen LogP contribution >= 0.6 is 0 Å². The summed E-state index contributed by atoms with van der Waals surface area (Å²) in [4.78, 5) is 4.68. The van der Waals surface area contributed by atoms with Crippen LogP contribution in [0.25, 0.3) is 0 Å². The summed E-state index contributed by atoms with van der Waals surface area (Å²) in [5, 5.41) is 0. The van der Waals surface area contributed by atoms with E-state index in [1.807, 2.05) is 6.07 Å². The zero-order valence-electron chi connectivity index (χ0n) is 13.8. The van der Waals surface area contributed by atoms with Crippen molar-refractivity contribution in [3.63, 3.8) is 0 Å². The molecule has 5 nitrogen and oxygen atoms in total. The monoisotopic (exact) mass is 325 g/mol. The van der Waals surface area contributed by atoms with Crippen LogP contribution in [-0.2, 0) is 10.0 Å². The van der Waals surface area contributed by atoms with Gasteiger partial charge in [0.2, 0.25) is 10.0 Å². The molecular formula is C16H27N3O2S. The lowest BCUT2D eigenvalue weighted by molar-refractivity contribution is 0.173. The van der Waals surface area contributed by atoms with Crippen molar-refractivity contribution in [3.05, 3.63) is 30.3 Å². The first-order valence-electron chi connectivity index (χ1n) is 7.79. The number of sulfonamides is 1. The van der Waals surface area contributed by atoms with Crippen LogP contribution in [0.1, 0.15) is 12.8 Å². The van der Waals surface area contributed by atoms with Gasteiger partial charge in [-0.15, -0.1) is 0 Å². The van der Waals surface area contributed by atoms with E-state index in [0.717, 1.165) is 39.0 Å². The van der Waals surface area contributed by atoms with E-state index in [9.17, 15) is 8.42 Å². The summed E-state index contributed by atoms with van der Waals surface area (Å²) in [6.07, 6.45) is 3.12. The molecule has 1 saturated heterocycles. The van der Waals surface area contributed by atoms with Crippen LogP contribution in [0.2, 0.25) is 0 Å². The standard InChI is InChI=1S/C16H27N3O2S/c1-17(15-7-5-4-6-8-15)13-14-19-11-9-16(10-12-19)18(2)22(3,20)21/h4-8,16H,9-14H2,1-3H3. The molecule has 0 aromatic heterocycles. The molecule has 0 amide bonds. The molecule has 0 radical (unpaired) electrons. The van der Waals surface area contributed by atoms with Gasteiger partial charge in [0.15, 0.2) is 0 Å². The number of likely N-dealkylation sites (N-methyl/N-ethyl adjacent to an activating group) is 1. The van der Waals surface area contributed by atoms with Crippen LogP contribution in [0.15, 0.2) is 30.3 Å². The van der Waals surface area contributed by atoms with E-state index in [-0.39, 0.29) is 6.04 Å².